The number of hydrogen-bond donors (Lipinski definition) is 2. The molecular formula is C19H14F2N4O3. The van der Waals surface area contributed by atoms with E-state index in [1.54, 1.807) is 0 Å². The zero-order valence-electron chi connectivity index (χ0n) is 14.6. The number of aromatic nitrogens is 2. The maximum atomic E-state index is 13.7. The summed E-state index contributed by atoms with van der Waals surface area (Å²) in [7, 11) is 1.27. The summed E-state index contributed by atoms with van der Waals surface area (Å²) in [5, 5.41) is 5.09. The molecule has 7 nitrogen and oxygen atoms in total. The van der Waals surface area contributed by atoms with Crippen LogP contribution in [0, 0.1) is 11.6 Å². The quantitative estimate of drug-likeness (QED) is 0.654. The second-order valence-electron chi connectivity index (χ2n) is 5.53. The van der Waals surface area contributed by atoms with Crippen LogP contribution in [0.3, 0.4) is 0 Å². The van der Waals surface area contributed by atoms with E-state index in [1.165, 1.54) is 43.5 Å². The molecular weight excluding hydrogens is 370 g/mol. The fraction of sp³-hybridized carbons (Fsp3) is 0.0526. The normalized spacial score (nSPS) is 10.2. The van der Waals surface area contributed by atoms with Gasteiger partial charge in [0.1, 0.15) is 35.2 Å². The van der Waals surface area contributed by atoms with Crippen LogP contribution in [0.1, 0.15) is 20.8 Å². The van der Waals surface area contributed by atoms with Crippen molar-refractivity contribution in [1.29, 1.82) is 0 Å². The Bertz CT molecular complexity index is 1010. The number of carbonyl (C=O) groups is 2. The monoisotopic (exact) mass is 384 g/mol. The highest BCUT2D eigenvalue weighted by atomic mass is 19.1. The van der Waals surface area contributed by atoms with Gasteiger partial charge < -0.3 is 15.4 Å². The molecule has 0 bridgehead atoms. The molecule has 1 aromatic heterocycles. The van der Waals surface area contributed by atoms with Gasteiger partial charge in [0.25, 0.3) is 5.91 Å². The van der Waals surface area contributed by atoms with Crippen LogP contribution in [-0.2, 0) is 4.74 Å². The number of nitrogens with one attached hydrogen (secondary N) is 2. The Labute approximate surface area is 158 Å². The number of hydrogen-bond acceptors (Lipinski definition) is 6. The SMILES string of the molecule is COC(=O)c1ccc(NC(=O)c2cc(Nc3c(F)cccc3F)ncn2)cc1. The van der Waals surface area contributed by atoms with Crippen molar-refractivity contribution in [2.45, 2.75) is 0 Å². The van der Waals surface area contributed by atoms with Gasteiger partial charge in [0.2, 0.25) is 0 Å². The molecule has 1 amide bonds. The molecule has 3 rings (SSSR count). The largest absolute Gasteiger partial charge is 0.465 e. The van der Waals surface area contributed by atoms with Gasteiger partial charge in [-0.2, -0.15) is 0 Å². The highest BCUT2D eigenvalue weighted by Crippen LogP contribution is 2.22. The number of methoxy groups -OCH3 is 1. The summed E-state index contributed by atoms with van der Waals surface area (Å²) in [6.45, 7) is 0. The van der Waals surface area contributed by atoms with Gasteiger partial charge in [-0.05, 0) is 36.4 Å². The lowest BCUT2D eigenvalue weighted by atomic mass is 10.2. The van der Waals surface area contributed by atoms with Gasteiger partial charge in [0.05, 0.1) is 12.7 Å². The second kappa shape index (κ2) is 8.21. The summed E-state index contributed by atoms with van der Waals surface area (Å²) < 4.78 is 32.1. The number of rotatable bonds is 5. The van der Waals surface area contributed by atoms with Crippen molar-refractivity contribution in [3.05, 3.63) is 77.8 Å². The number of anilines is 3. The van der Waals surface area contributed by atoms with Gasteiger partial charge in [-0.25, -0.2) is 23.5 Å². The van der Waals surface area contributed by atoms with E-state index in [-0.39, 0.29) is 17.2 Å². The lowest BCUT2D eigenvalue weighted by Crippen LogP contribution is -2.14. The summed E-state index contributed by atoms with van der Waals surface area (Å²) >= 11 is 0. The number of nitrogens with zero attached hydrogens (tertiary/aromatic N) is 2. The molecule has 0 aliphatic rings. The lowest BCUT2D eigenvalue weighted by molar-refractivity contribution is 0.0600. The van der Waals surface area contributed by atoms with Crippen LogP contribution >= 0.6 is 0 Å². The fourth-order valence-electron chi connectivity index (χ4n) is 2.30. The Balaban J connectivity index is 1.74. The maximum absolute atomic E-state index is 13.7. The average Bonchev–Trinajstić information content (AvgIpc) is 2.71. The minimum Gasteiger partial charge on any atom is -0.465 e. The van der Waals surface area contributed by atoms with Crippen molar-refractivity contribution < 1.29 is 23.1 Å². The fourth-order valence-corrected chi connectivity index (χ4v) is 2.30. The Kier molecular flexibility index (Phi) is 5.54. The highest BCUT2D eigenvalue weighted by molar-refractivity contribution is 6.03. The number of ether oxygens (including phenoxy) is 1. The first-order valence-electron chi connectivity index (χ1n) is 8.00. The van der Waals surface area contributed by atoms with E-state index in [9.17, 15) is 18.4 Å². The first-order valence-corrected chi connectivity index (χ1v) is 8.00. The van der Waals surface area contributed by atoms with Crippen LogP contribution < -0.4 is 10.6 Å². The van der Waals surface area contributed by atoms with Gasteiger partial charge in [0, 0.05) is 11.8 Å². The molecule has 0 unspecified atom stereocenters. The number of para-hydroxylation sites is 1. The highest BCUT2D eigenvalue weighted by Gasteiger charge is 2.13. The van der Waals surface area contributed by atoms with Crippen molar-refractivity contribution in [3.63, 3.8) is 0 Å². The third-order valence-corrected chi connectivity index (χ3v) is 3.68. The third-order valence-electron chi connectivity index (χ3n) is 3.68. The molecule has 0 saturated heterocycles. The molecule has 1 heterocycles. The van der Waals surface area contributed by atoms with Crippen LogP contribution in [0.5, 0.6) is 0 Å². The van der Waals surface area contributed by atoms with E-state index < -0.39 is 23.5 Å². The molecule has 0 aliphatic carbocycles. The summed E-state index contributed by atoms with van der Waals surface area (Å²) in [5.74, 6) is -2.61. The maximum Gasteiger partial charge on any atom is 0.337 e. The second-order valence-corrected chi connectivity index (χ2v) is 5.53. The predicted molar refractivity (Wildman–Crippen MR) is 97.4 cm³/mol. The van der Waals surface area contributed by atoms with Crippen molar-refractivity contribution >= 4 is 29.1 Å². The number of amides is 1. The van der Waals surface area contributed by atoms with Crippen LogP contribution in [0.4, 0.5) is 26.0 Å². The first-order chi connectivity index (χ1) is 13.5. The van der Waals surface area contributed by atoms with Crippen molar-refractivity contribution in [3.8, 4) is 0 Å². The minimum absolute atomic E-state index is 0.0220. The Hall–Kier alpha value is -3.88. The summed E-state index contributed by atoms with van der Waals surface area (Å²) in [6.07, 6.45) is 1.09. The smallest absolute Gasteiger partial charge is 0.337 e. The molecule has 2 aromatic carbocycles. The van der Waals surface area contributed by atoms with Gasteiger partial charge in [-0.1, -0.05) is 6.07 Å². The van der Waals surface area contributed by atoms with Crippen LogP contribution in [-0.4, -0.2) is 29.0 Å². The van der Waals surface area contributed by atoms with Crippen molar-refractivity contribution in [1.82, 2.24) is 9.97 Å². The van der Waals surface area contributed by atoms with Crippen molar-refractivity contribution in [2.75, 3.05) is 17.7 Å². The zero-order chi connectivity index (χ0) is 20.1. The van der Waals surface area contributed by atoms with Gasteiger partial charge in [-0.15, -0.1) is 0 Å². The van der Waals surface area contributed by atoms with E-state index >= 15 is 0 Å². The van der Waals surface area contributed by atoms with Crippen molar-refractivity contribution in [2.24, 2.45) is 0 Å². The van der Waals surface area contributed by atoms with Crippen LogP contribution in [0.2, 0.25) is 0 Å². The summed E-state index contributed by atoms with van der Waals surface area (Å²) in [6, 6.07) is 10.7. The molecule has 0 spiro atoms. The molecule has 28 heavy (non-hydrogen) atoms. The van der Waals surface area contributed by atoms with E-state index in [4.69, 9.17) is 0 Å². The number of halogens is 2. The van der Waals surface area contributed by atoms with E-state index in [2.05, 4.69) is 25.3 Å². The Morgan fingerprint density at radius 3 is 2.32 bits per heavy atom. The van der Waals surface area contributed by atoms with Crippen LogP contribution in [0.15, 0.2) is 54.9 Å². The van der Waals surface area contributed by atoms with E-state index in [1.807, 2.05) is 0 Å². The minimum atomic E-state index is -0.796. The topological polar surface area (TPSA) is 93.2 Å². The third kappa shape index (κ3) is 4.26. The molecule has 0 aliphatic heterocycles. The Morgan fingerprint density at radius 2 is 1.68 bits per heavy atom. The zero-order valence-corrected chi connectivity index (χ0v) is 14.6. The Morgan fingerprint density at radius 1 is 1.00 bits per heavy atom. The number of esters is 1. The predicted octanol–water partition coefficient (Wildman–Crippen LogP) is 3.54. The standard InChI is InChI=1S/C19H14F2N4O3/c1-28-19(27)11-5-7-12(8-6-11)24-18(26)15-9-16(23-10-22-15)25-17-13(20)3-2-4-14(17)21/h2-10H,1H3,(H,24,26)(H,22,23,25). The molecule has 0 radical (unpaired) electrons. The molecule has 0 saturated carbocycles. The molecule has 142 valence electrons. The van der Waals surface area contributed by atoms with Gasteiger partial charge in [-0.3, -0.25) is 4.79 Å². The number of carbonyl (C=O) groups excluding carboxylic acids is 2. The lowest BCUT2D eigenvalue weighted by Gasteiger charge is -2.09. The summed E-state index contributed by atoms with van der Waals surface area (Å²) in [4.78, 5) is 31.5. The summed E-state index contributed by atoms with van der Waals surface area (Å²) in [5.41, 5.74) is 0.351. The molecule has 3 aromatic rings. The first kappa shape index (κ1) is 18.9. The van der Waals surface area contributed by atoms with Crippen LogP contribution in [0.25, 0.3) is 0 Å². The van der Waals surface area contributed by atoms with E-state index in [0.29, 0.717) is 11.3 Å². The van der Waals surface area contributed by atoms with E-state index in [0.717, 1.165) is 18.5 Å². The molecule has 9 heteroatoms. The number of benzene rings is 2. The van der Waals surface area contributed by atoms with Gasteiger partial charge in [0.15, 0.2) is 0 Å². The molecule has 2 N–H and O–H groups in total. The molecule has 0 atom stereocenters. The average molecular weight is 384 g/mol. The van der Waals surface area contributed by atoms with Gasteiger partial charge >= 0.3 is 5.97 Å². The molecule has 0 fully saturated rings.